The molecule has 3 aromatic rings. The summed E-state index contributed by atoms with van der Waals surface area (Å²) in [5, 5.41) is 0. The molecule has 3 rings (SSSR count). The molecule has 1 amide bonds. The number of benzene rings is 2. The van der Waals surface area contributed by atoms with Crippen molar-refractivity contribution < 1.29 is 4.79 Å². The molecule has 1 aromatic heterocycles. The van der Waals surface area contributed by atoms with Crippen LogP contribution in [0.1, 0.15) is 28.9 Å². The Labute approximate surface area is 138 Å². The van der Waals surface area contributed by atoms with Gasteiger partial charge in [-0.1, -0.05) is 47.1 Å². The normalized spacial score (nSPS) is 13.0. The second-order valence-corrected chi connectivity index (χ2v) is 6.36. The molecule has 2 aromatic carbocycles. The van der Waals surface area contributed by atoms with Gasteiger partial charge in [0.1, 0.15) is 0 Å². The number of thiazole rings is 1. The summed E-state index contributed by atoms with van der Waals surface area (Å²) in [5.74, 6) is 2.46. The quantitative estimate of drug-likeness (QED) is 0.658. The van der Waals surface area contributed by atoms with E-state index in [0.29, 0.717) is 10.4 Å². The van der Waals surface area contributed by atoms with Crippen LogP contribution in [0.15, 0.2) is 53.5 Å². The van der Waals surface area contributed by atoms with E-state index in [0.717, 1.165) is 15.8 Å². The number of hydrogen-bond donors (Lipinski definition) is 0. The molecule has 23 heavy (non-hydrogen) atoms. The SMILES string of the molecule is C#CC(C)n1c(=NC(=O)c2ccc(C)cc2)sc2ccccc21. The van der Waals surface area contributed by atoms with Crippen molar-refractivity contribution in [2.24, 2.45) is 4.99 Å². The standard InChI is InChI=1S/C19H16N2OS/c1-4-14(3)21-16-7-5-6-8-17(16)23-19(21)20-18(22)15-11-9-13(2)10-12-15/h1,5-12,14H,2-3H3. The highest BCUT2D eigenvalue weighted by Gasteiger charge is 2.12. The lowest BCUT2D eigenvalue weighted by Gasteiger charge is -2.07. The first-order valence-corrected chi connectivity index (χ1v) is 8.13. The van der Waals surface area contributed by atoms with Crippen molar-refractivity contribution in [1.82, 2.24) is 4.57 Å². The average molecular weight is 320 g/mol. The van der Waals surface area contributed by atoms with Crippen LogP contribution in [0.4, 0.5) is 0 Å². The number of nitrogens with zero attached hydrogens (tertiary/aromatic N) is 2. The minimum atomic E-state index is -0.255. The van der Waals surface area contributed by atoms with Gasteiger partial charge in [0.25, 0.3) is 5.91 Å². The molecule has 0 saturated heterocycles. The van der Waals surface area contributed by atoms with Crippen molar-refractivity contribution in [3.63, 3.8) is 0 Å². The van der Waals surface area contributed by atoms with E-state index in [4.69, 9.17) is 6.42 Å². The minimum absolute atomic E-state index is 0.171. The number of terminal acetylenes is 1. The van der Waals surface area contributed by atoms with Gasteiger partial charge in [-0.05, 0) is 38.1 Å². The zero-order valence-corrected chi connectivity index (χ0v) is 13.8. The minimum Gasteiger partial charge on any atom is -0.302 e. The van der Waals surface area contributed by atoms with E-state index in [1.54, 1.807) is 12.1 Å². The number of carbonyl (C=O) groups excluding carboxylic acids is 1. The molecule has 1 heterocycles. The molecule has 0 saturated carbocycles. The number of amides is 1. The van der Waals surface area contributed by atoms with Gasteiger partial charge in [0.05, 0.1) is 16.3 Å². The third kappa shape index (κ3) is 2.96. The second kappa shape index (κ2) is 6.23. The Morgan fingerprint density at radius 1 is 1.22 bits per heavy atom. The molecular formula is C19H16N2OS. The molecule has 0 bridgehead atoms. The van der Waals surface area contributed by atoms with Crippen LogP contribution >= 0.6 is 11.3 Å². The third-order valence-electron chi connectivity index (χ3n) is 3.66. The van der Waals surface area contributed by atoms with Crippen LogP contribution < -0.4 is 4.80 Å². The van der Waals surface area contributed by atoms with Crippen LogP contribution in [-0.2, 0) is 0 Å². The van der Waals surface area contributed by atoms with Crippen molar-refractivity contribution in [2.75, 3.05) is 0 Å². The molecule has 0 radical (unpaired) electrons. The van der Waals surface area contributed by atoms with E-state index in [9.17, 15) is 4.79 Å². The monoisotopic (exact) mass is 320 g/mol. The van der Waals surface area contributed by atoms with E-state index in [1.165, 1.54) is 11.3 Å². The Bertz CT molecular complexity index is 971. The Hall–Kier alpha value is -2.64. The number of rotatable bonds is 2. The van der Waals surface area contributed by atoms with Gasteiger partial charge in [0.2, 0.25) is 0 Å². The second-order valence-electron chi connectivity index (χ2n) is 5.35. The third-order valence-corrected chi connectivity index (χ3v) is 4.69. The summed E-state index contributed by atoms with van der Waals surface area (Å²) in [6, 6.07) is 15.2. The summed E-state index contributed by atoms with van der Waals surface area (Å²) >= 11 is 1.47. The molecule has 0 aliphatic carbocycles. The Balaban J connectivity index is 2.17. The highest BCUT2D eigenvalue weighted by molar-refractivity contribution is 7.16. The average Bonchev–Trinajstić information content (AvgIpc) is 2.92. The maximum atomic E-state index is 12.4. The van der Waals surface area contributed by atoms with Gasteiger partial charge in [-0.3, -0.25) is 4.79 Å². The highest BCUT2D eigenvalue weighted by atomic mass is 32.1. The van der Waals surface area contributed by atoms with Gasteiger partial charge in [0, 0.05) is 5.56 Å². The van der Waals surface area contributed by atoms with Gasteiger partial charge in [-0.25, -0.2) is 0 Å². The Morgan fingerprint density at radius 3 is 2.61 bits per heavy atom. The van der Waals surface area contributed by atoms with Crippen molar-refractivity contribution in [1.29, 1.82) is 0 Å². The van der Waals surface area contributed by atoms with Crippen LogP contribution in [0.25, 0.3) is 10.2 Å². The number of hydrogen-bond acceptors (Lipinski definition) is 2. The van der Waals surface area contributed by atoms with E-state index in [1.807, 2.05) is 54.8 Å². The van der Waals surface area contributed by atoms with E-state index >= 15 is 0 Å². The summed E-state index contributed by atoms with van der Waals surface area (Å²) in [6.45, 7) is 3.91. The van der Waals surface area contributed by atoms with Gasteiger partial charge in [-0.2, -0.15) is 4.99 Å². The lowest BCUT2D eigenvalue weighted by atomic mass is 10.1. The molecule has 0 aliphatic rings. The van der Waals surface area contributed by atoms with Gasteiger partial charge in [-0.15, -0.1) is 6.42 Å². The summed E-state index contributed by atoms with van der Waals surface area (Å²) in [7, 11) is 0. The largest absolute Gasteiger partial charge is 0.302 e. The van der Waals surface area contributed by atoms with Crippen molar-refractivity contribution in [3.05, 3.63) is 64.5 Å². The first kappa shape index (κ1) is 15.3. The van der Waals surface area contributed by atoms with Crippen LogP contribution in [0, 0.1) is 19.3 Å². The first-order valence-electron chi connectivity index (χ1n) is 7.32. The van der Waals surface area contributed by atoms with Gasteiger partial charge in [0.15, 0.2) is 4.80 Å². The summed E-state index contributed by atoms with van der Waals surface area (Å²) in [6.07, 6.45) is 5.59. The number of para-hydroxylation sites is 1. The highest BCUT2D eigenvalue weighted by Crippen LogP contribution is 2.20. The summed E-state index contributed by atoms with van der Waals surface area (Å²) < 4.78 is 3.00. The predicted molar refractivity (Wildman–Crippen MR) is 94.4 cm³/mol. The fourth-order valence-corrected chi connectivity index (χ4v) is 3.46. The lowest BCUT2D eigenvalue weighted by Crippen LogP contribution is -2.19. The number of aromatic nitrogens is 1. The molecule has 0 aliphatic heterocycles. The number of aryl methyl sites for hydroxylation is 1. The van der Waals surface area contributed by atoms with E-state index in [-0.39, 0.29) is 11.9 Å². The topological polar surface area (TPSA) is 34.4 Å². The molecule has 3 nitrogen and oxygen atoms in total. The van der Waals surface area contributed by atoms with Crippen LogP contribution in [0.5, 0.6) is 0 Å². The molecule has 1 atom stereocenters. The fourth-order valence-electron chi connectivity index (χ4n) is 2.37. The predicted octanol–water partition coefficient (Wildman–Crippen LogP) is 3.95. The molecule has 114 valence electrons. The molecular weight excluding hydrogens is 304 g/mol. The molecule has 0 spiro atoms. The van der Waals surface area contributed by atoms with Crippen LogP contribution in [0.3, 0.4) is 0 Å². The smallest absolute Gasteiger partial charge is 0.279 e. The molecule has 0 N–H and O–H groups in total. The first-order chi connectivity index (χ1) is 11.1. The zero-order chi connectivity index (χ0) is 16.4. The zero-order valence-electron chi connectivity index (χ0n) is 13.0. The van der Waals surface area contributed by atoms with Crippen molar-refractivity contribution >= 4 is 27.5 Å². The fraction of sp³-hybridized carbons (Fsp3) is 0.158. The van der Waals surface area contributed by atoms with E-state index < -0.39 is 0 Å². The maximum Gasteiger partial charge on any atom is 0.279 e. The van der Waals surface area contributed by atoms with Crippen LogP contribution in [0.2, 0.25) is 0 Å². The lowest BCUT2D eigenvalue weighted by molar-refractivity contribution is 0.0998. The van der Waals surface area contributed by atoms with Crippen molar-refractivity contribution in [3.8, 4) is 12.3 Å². The Kier molecular flexibility index (Phi) is 4.14. The number of carbonyl (C=O) groups is 1. The number of fused-ring (bicyclic) bond motifs is 1. The maximum absolute atomic E-state index is 12.4. The molecule has 1 unspecified atom stereocenters. The molecule has 0 fully saturated rings. The Morgan fingerprint density at radius 2 is 1.91 bits per heavy atom. The van der Waals surface area contributed by atoms with Gasteiger partial charge < -0.3 is 4.57 Å². The van der Waals surface area contributed by atoms with Crippen molar-refractivity contribution in [2.45, 2.75) is 19.9 Å². The summed E-state index contributed by atoms with van der Waals surface area (Å²) in [4.78, 5) is 17.4. The summed E-state index contributed by atoms with van der Waals surface area (Å²) in [5.41, 5.74) is 2.69. The van der Waals surface area contributed by atoms with E-state index in [2.05, 4.69) is 10.9 Å². The van der Waals surface area contributed by atoms with Gasteiger partial charge >= 0.3 is 0 Å². The van der Waals surface area contributed by atoms with Crippen LogP contribution in [-0.4, -0.2) is 10.5 Å². The molecule has 4 heteroatoms.